The van der Waals surface area contributed by atoms with E-state index in [0.717, 1.165) is 30.4 Å². The molecule has 0 saturated carbocycles. The van der Waals surface area contributed by atoms with Gasteiger partial charge >= 0.3 is 0 Å². The Balaban J connectivity index is 1.84. The highest BCUT2D eigenvalue weighted by Gasteiger charge is 2.25. The quantitative estimate of drug-likeness (QED) is 0.792. The first-order valence-corrected chi connectivity index (χ1v) is 9.62. The van der Waals surface area contributed by atoms with Crippen LogP contribution in [0.4, 0.5) is 0 Å². The average Bonchev–Trinajstić information content (AvgIpc) is 3.25. The van der Waals surface area contributed by atoms with Crippen LogP contribution in [0.5, 0.6) is 0 Å². The van der Waals surface area contributed by atoms with Crippen LogP contribution in [0.2, 0.25) is 0 Å². The van der Waals surface area contributed by atoms with Gasteiger partial charge in [-0.15, -0.1) is 0 Å². The number of nitrogens with one attached hydrogen (secondary N) is 1. The van der Waals surface area contributed by atoms with Crippen molar-refractivity contribution in [3.05, 3.63) is 54.9 Å². The summed E-state index contributed by atoms with van der Waals surface area (Å²) in [6.07, 6.45) is 5.56. The SMILES string of the molecule is O=S(=O)(c1ccccn1)c1cn(CC2CCCN2)c2ccccc12. The molecule has 5 nitrogen and oxygen atoms in total. The Hall–Kier alpha value is -2.18. The summed E-state index contributed by atoms with van der Waals surface area (Å²) in [5, 5.41) is 4.31. The molecule has 0 amide bonds. The Morgan fingerprint density at radius 3 is 2.75 bits per heavy atom. The van der Waals surface area contributed by atoms with Crippen LogP contribution in [-0.4, -0.2) is 30.6 Å². The van der Waals surface area contributed by atoms with Gasteiger partial charge in [-0.05, 0) is 37.6 Å². The van der Waals surface area contributed by atoms with Crippen LogP contribution in [0.3, 0.4) is 0 Å². The van der Waals surface area contributed by atoms with E-state index < -0.39 is 9.84 Å². The summed E-state index contributed by atoms with van der Waals surface area (Å²) in [6.45, 7) is 1.81. The monoisotopic (exact) mass is 341 g/mol. The van der Waals surface area contributed by atoms with Gasteiger partial charge in [0.2, 0.25) is 9.84 Å². The lowest BCUT2D eigenvalue weighted by molar-refractivity contribution is 0.517. The molecule has 1 aliphatic heterocycles. The topological polar surface area (TPSA) is 64.0 Å². The van der Waals surface area contributed by atoms with Crippen LogP contribution < -0.4 is 5.32 Å². The first-order chi connectivity index (χ1) is 11.7. The van der Waals surface area contributed by atoms with Crippen molar-refractivity contribution in [2.75, 3.05) is 6.54 Å². The first kappa shape index (κ1) is 15.4. The van der Waals surface area contributed by atoms with E-state index in [2.05, 4.69) is 10.3 Å². The van der Waals surface area contributed by atoms with Crippen molar-refractivity contribution >= 4 is 20.7 Å². The van der Waals surface area contributed by atoms with Crippen LogP contribution in [0.25, 0.3) is 10.9 Å². The predicted octanol–water partition coefficient (Wildman–Crippen LogP) is 2.62. The third-order valence-electron chi connectivity index (χ3n) is 4.53. The van der Waals surface area contributed by atoms with Crippen molar-refractivity contribution in [1.29, 1.82) is 0 Å². The van der Waals surface area contributed by atoms with Gasteiger partial charge in [0, 0.05) is 35.9 Å². The van der Waals surface area contributed by atoms with E-state index in [1.165, 1.54) is 12.6 Å². The van der Waals surface area contributed by atoms with Gasteiger partial charge in [-0.2, -0.15) is 0 Å². The summed E-state index contributed by atoms with van der Waals surface area (Å²) in [6, 6.07) is 13.0. The molecule has 1 unspecified atom stereocenters. The van der Waals surface area contributed by atoms with Crippen LogP contribution in [0.15, 0.2) is 64.8 Å². The minimum atomic E-state index is -3.63. The highest BCUT2D eigenvalue weighted by molar-refractivity contribution is 7.91. The smallest absolute Gasteiger partial charge is 0.225 e. The fraction of sp³-hybridized carbons (Fsp3) is 0.278. The van der Waals surface area contributed by atoms with Gasteiger partial charge in [0.1, 0.15) is 0 Å². The van der Waals surface area contributed by atoms with Gasteiger partial charge in [-0.1, -0.05) is 24.3 Å². The maximum atomic E-state index is 13.0. The minimum absolute atomic E-state index is 0.0897. The average molecular weight is 341 g/mol. The Morgan fingerprint density at radius 2 is 2.00 bits per heavy atom. The molecule has 24 heavy (non-hydrogen) atoms. The molecule has 124 valence electrons. The van der Waals surface area contributed by atoms with Crippen LogP contribution in [0.1, 0.15) is 12.8 Å². The fourth-order valence-corrected chi connectivity index (χ4v) is 4.76. The molecule has 1 fully saturated rings. The van der Waals surface area contributed by atoms with Crippen molar-refractivity contribution in [3.8, 4) is 0 Å². The molecule has 0 spiro atoms. The van der Waals surface area contributed by atoms with Crippen LogP contribution in [0, 0.1) is 0 Å². The molecule has 2 aromatic heterocycles. The fourth-order valence-electron chi connectivity index (χ4n) is 3.35. The Labute approximate surface area is 141 Å². The molecule has 4 rings (SSSR count). The second kappa shape index (κ2) is 6.03. The highest BCUT2D eigenvalue weighted by Crippen LogP contribution is 2.29. The Bertz CT molecular complexity index is 958. The van der Waals surface area contributed by atoms with Crippen LogP contribution in [-0.2, 0) is 16.4 Å². The molecular formula is C18H19N3O2S. The largest absolute Gasteiger partial charge is 0.345 e. The lowest BCUT2D eigenvalue weighted by Crippen LogP contribution is -2.26. The summed E-state index contributed by atoms with van der Waals surface area (Å²) in [5.74, 6) is 0. The molecular weight excluding hydrogens is 322 g/mol. The number of sulfone groups is 1. The van der Waals surface area contributed by atoms with Gasteiger partial charge in [-0.25, -0.2) is 13.4 Å². The normalized spacial score (nSPS) is 18.2. The zero-order valence-corrected chi connectivity index (χ0v) is 14.0. The lowest BCUT2D eigenvalue weighted by atomic mass is 10.2. The number of nitrogens with zero attached hydrogens (tertiary/aromatic N) is 2. The van der Waals surface area contributed by atoms with E-state index in [9.17, 15) is 8.42 Å². The molecule has 1 atom stereocenters. The van der Waals surface area contributed by atoms with Crippen molar-refractivity contribution in [2.45, 2.75) is 35.3 Å². The third kappa shape index (κ3) is 2.61. The Morgan fingerprint density at radius 1 is 1.17 bits per heavy atom. The lowest BCUT2D eigenvalue weighted by Gasteiger charge is -2.12. The van der Waals surface area contributed by atoms with Gasteiger partial charge < -0.3 is 9.88 Å². The van der Waals surface area contributed by atoms with Crippen molar-refractivity contribution in [2.24, 2.45) is 0 Å². The second-order valence-corrected chi connectivity index (χ2v) is 7.99. The van der Waals surface area contributed by atoms with Gasteiger partial charge in [-0.3, -0.25) is 0 Å². The number of para-hydroxylation sites is 1. The number of fused-ring (bicyclic) bond motifs is 1. The van der Waals surface area contributed by atoms with E-state index >= 15 is 0 Å². The van der Waals surface area contributed by atoms with Crippen molar-refractivity contribution in [1.82, 2.24) is 14.9 Å². The van der Waals surface area contributed by atoms with Gasteiger partial charge in [0.25, 0.3) is 0 Å². The molecule has 1 aromatic carbocycles. The molecule has 1 aliphatic rings. The highest BCUT2D eigenvalue weighted by atomic mass is 32.2. The summed E-state index contributed by atoms with van der Waals surface area (Å²) >= 11 is 0. The zero-order valence-electron chi connectivity index (χ0n) is 13.2. The Kier molecular flexibility index (Phi) is 3.86. The summed E-state index contributed by atoms with van der Waals surface area (Å²) in [7, 11) is -3.63. The van der Waals surface area contributed by atoms with E-state index in [-0.39, 0.29) is 5.03 Å². The predicted molar refractivity (Wildman–Crippen MR) is 92.7 cm³/mol. The van der Waals surface area contributed by atoms with Crippen LogP contribution >= 0.6 is 0 Å². The maximum Gasteiger partial charge on any atom is 0.225 e. The van der Waals surface area contributed by atoms with Crippen molar-refractivity contribution in [3.63, 3.8) is 0 Å². The number of pyridine rings is 1. The second-order valence-electron chi connectivity index (χ2n) is 6.13. The van der Waals surface area contributed by atoms with Gasteiger partial charge in [0.05, 0.1) is 4.90 Å². The number of aromatic nitrogens is 2. The van der Waals surface area contributed by atoms with E-state index in [1.54, 1.807) is 24.4 Å². The molecule has 0 radical (unpaired) electrons. The first-order valence-electron chi connectivity index (χ1n) is 8.13. The molecule has 0 bridgehead atoms. The standard InChI is InChI=1S/C18H19N3O2S/c22-24(23,18-9-3-4-10-20-18)17-13-21(12-14-6-5-11-19-14)16-8-2-1-7-15(16)17/h1-4,7-10,13-14,19H,5-6,11-12H2. The molecule has 6 heteroatoms. The summed E-state index contributed by atoms with van der Waals surface area (Å²) in [5.41, 5.74) is 0.945. The maximum absolute atomic E-state index is 13.0. The third-order valence-corrected chi connectivity index (χ3v) is 6.23. The van der Waals surface area contributed by atoms with E-state index in [0.29, 0.717) is 10.9 Å². The zero-order chi connectivity index (χ0) is 16.6. The number of benzene rings is 1. The van der Waals surface area contributed by atoms with Crippen molar-refractivity contribution < 1.29 is 8.42 Å². The van der Waals surface area contributed by atoms with Gasteiger partial charge in [0.15, 0.2) is 5.03 Å². The number of rotatable bonds is 4. The summed E-state index contributed by atoms with van der Waals surface area (Å²) in [4.78, 5) is 4.37. The molecule has 0 aliphatic carbocycles. The molecule has 3 heterocycles. The van der Waals surface area contributed by atoms with E-state index in [4.69, 9.17) is 0 Å². The summed E-state index contributed by atoms with van der Waals surface area (Å²) < 4.78 is 28.1. The number of hydrogen-bond acceptors (Lipinski definition) is 4. The molecule has 1 saturated heterocycles. The number of hydrogen-bond donors (Lipinski definition) is 1. The van der Waals surface area contributed by atoms with E-state index in [1.807, 2.05) is 28.8 Å². The molecule has 3 aromatic rings. The minimum Gasteiger partial charge on any atom is -0.345 e. The molecule has 1 N–H and O–H groups in total.